The molecule has 1 N–H and O–H groups in total. The molecule has 104 valence electrons. The number of carbonyl (C=O) groups excluding carboxylic acids is 2. The van der Waals surface area contributed by atoms with Crippen molar-refractivity contribution in [2.75, 3.05) is 19.4 Å². The second-order valence-electron chi connectivity index (χ2n) is 4.66. The van der Waals surface area contributed by atoms with Crippen LogP contribution in [0, 0.1) is 6.92 Å². The summed E-state index contributed by atoms with van der Waals surface area (Å²) in [6.45, 7) is 1.86. The topological polar surface area (TPSA) is 62.6 Å². The summed E-state index contributed by atoms with van der Waals surface area (Å²) in [6.07, 6.45) is 1.44. The smallest absolute Gasteiger partial charge is 0.291 e. The number of nitrogens with one attached hydrogen (secondary N) is 1. The summed E-state index contributed by atoms with van der Waals surface area (Å²) in [5, 5.41) is 2.74. The van der Waals surface area contributed by atoms with Crippen LogP contribution in [0.2, 0.25) is 0 Å². The van der Waals surface area contributed by atoms with Crippen LogP contribution < -0.4 is 5.32 Å². The van der Waals surface area contributed by atoms with E-state index in [0.717, 1.165) is 5.56 Å². The van der Waals surface area contributed by atoms with Crippen molar-refractivity contribution in [3.63, 3.8) is 0 Å². The fraction of sp³-hybridized carbons (Fsp3) is 0.200. The van der Waals surface area contributed by atoms with Crippen molar-refractivity contribution in [1.82, 2.24) is 4.90 Å². The monoisotopic (exact) mass is 272 g/mol. The number of carbonyl (C=O) groups is 2. The second-order valence-corrected chi connectivity index (χ2v) is 4.66. The second kappa shape index (κ2) is 5.61. The first kappa shape index (κ1) is 13.9. The van der Waals surface area contributed by atoms with Crippen molar-refractivity contribution in [3.8, 4) is 0 Å². The molecule has 0 aliphatic rings. The van der Waals surface area contributed by atoms with Crippen molar-refractivity contribution in [2.24, 2.45) is 0 Å². The molecule has 0 saturated carbocycles. The lowest BCUT2D eigenvalue weighted by molar-refractivity contribution is 0.0827. The highest BCUT2D eigenvalue weighted by Gasteiger charge is 2.13. The van der Waals surface area contributed by atoms with E-state index in [4.69, 9.17) is 4.42 Å². The maximum Gasteiger partial charge on any atom is 0.291 e. The number of amides is 2. The third kappa shape index (κ3) is 2.88. The number of hydrogen-bond acceptors (Lipinski definition) is 3. The molecule has 5 nitrogen and oxygen atoms in total. The zero-order valence-corrected chi connectivity index (χ0v) is 11.6. The molecule has 0 fully saturated rings. The van der Waals surface area contributed by atoms with E-state index < -0.39 is 0 Å². The van der Waals surface area contributed by atoms with Crippen LogP contribution in [0.15, 0.2) is 41.0 Å². The minimum Gasteiger partial charge on any atom is -0.459 e. The Bertz CT molecular complexity index is 631. The standard InChI is InChI=1S/C15H16N2O3/c1-10-6-7-11(15(19)17(2)3)9-12(10)16-14(18)13-5-4-8-20-13/h4-9H,1-3H3,(H,16,18). The van der Waals surface area contributed by atoms with Gasteiger partial charge in [0.05, 0.1) is 6.26 Å². The van der Waals surface area contributed by atoms with Crippen LogP contribution in [0.1, 0.15) is 26.5 Å². The first-order chi connectivity index (χ1) is 9.49. The zero-order valence-electron chi connectivity index (χ0n) is 11.6. The number of hydrogen-bond donors (Lipinski definition) is 1. The van der Waals surface area contributed by atoms with Gasteiger partial charge in [0.15, 0.2) is 5.76 Å². The van der Waals surface area contributed by atoms with E-state index in [0.29, 0.717) is 11.3 Å². The molecular weight excluding hydrogens is 256 g/mol. The van der Waals surface area contributed by atoms with Crippen LogP contribution in [0.4, 0.5) is 5.69 Å². The molecule has 0 unspecified atom stereocenters. The van der Waals surface area contributed by atoms with Crippen molar-refractivity contribution in [2.45, 2.75) is 6.92 Å². The van der Waals surface area contributed by atoms with Gasteiger partial charge in [-0.2, -0.15) is 0 Å². The maximum atomic E-state index is 11.9. The van der Waals surface area contributed by atoms with Crippen LogP contribution >= 0.6 is 0 Å². The molecular formula is C15H16N2O3. The van der Waals surface area contributed by atoms with Gasteiger partial charge in [0, 0.05) is 25.3 Å². The van der Waals surface area contributed by atoms with Gasteiger partial charge >= 0.3 is 0 Å². The first-order valence-corrected chi connectivity index (χ1v) is 6.16. The lowest BCUT2D eigenvalue weighted by atomic mass is 10.1. The van der Waals surface area contributed by atoms with E-state index in [9.17, 15) is 9.59 Å². The van der Waals surface area contributed by atoms with E-state index >= 15 is 0 Å². The molecule has 1 aromatic heterocycles. The molecule has 0 radical (unpaired) electrons. The summed E-state index contributed by atoms with van der Waals surface area (Å²) < 4.78 is 5.04. The van der Waals surface area contributed by atoms with Gasteiger partial charge in [0.2, 0.25) is 0 Å². The fourth-order valence-corrected chi connectivity index (χ4v) is 1.74. The summed E-state index contributed by atoms with van der Waals surface area (Å²) in [4.78, 5) is 25.3. The SMILES string of the molecule is Cc1ccc(C(=O)N(C)C)cc1NC(=O)c1ccco1. The number of aryl methyl sites for hydroxylation is 1. The molecule has 0 saturated heterocycles. The van der Waals surface area contributed by atoms with Gasteiger partial charge in [-0.1, -0.05) is 6.07 Å². The Labute approximate surface area is 117 Å². The Morgan fingerprint density at radius 2 is 1.95 bits per heavy atom. The fourth-order valence-electron chi connectivity index (χ4n) is 1.74. The Kier molecular flexibility index (Phi) is 3.89. The molecule has 5 heteroatoms. The van der Waals surface area contributed by atoms with E-state index in [1.165, 1.54) is 11.2 Å². The van der Waals surface area contributed by atoms with Gasteiger partial charge in [-0.05, 0) is 36.8 Å². The number of nitrogens with zero attached hydrogens (tertiary/aromatic N) is 1. The third-order valence-corrected chi connectivity index (χ3v) is 2.88. The van der Waals surface area contributed by atoms with Crippen molar-refractivity contribution in [1.29, 1.82) is 0 Å². The van der Waals surface area contributed by atoms with Gasteiger partial charge in [-0.25, -0.2) is 0 Å². The average molecular weight is 272 g/mol. The highest BCUT2D eigenvalue weighted by Crippen LogP contribution is 2.19. The molecule has 1 aromatic carbocycles. The van der Waals surface area contributed by atoms with Crippen LogP contribution in [0.5, 0.6) is 0 Å². The van der Waals surface area contributed by atoms with E-state index in [1.54, 1.807) is 44.4 Å². The van der Waals surface area contributed by atoms with Crippen LogP contribution in [-0.4, -0.2) is 30.8 Å². The number of benzene rings is 1. The predicted molar refractivity (Wildman–Crippen MR) is 75.9 cm³/mol. The summed E-state index contributed by atoms with van der Waals surface area (Å²) in [7, 11) is 3.37. The van der Waals surface area contributed by atoms with Crippen LogP contribution in [-0.2, 0) is 0 Å². The van der Waals surface area contributed by atoms with E-state index in [1.807, 2.05) is 6.92 Å². The Balaban J connectivity index is 2.25. The minimum absolute atomic E-state index is 0.113. The van der Waals surface area contributed by atoms with Crippen LogP contribution in [0.25, 0.3) is 0 Å². The van der Waals surface area contributed by atoms with Crippen LogP contribution in [0.3, 0.4) is 0 Å². The van der Waals surface area contributed by atoms with Gasteiger partial charge in [0.1, 0.15) is 0 Å². The van der Waals surface area contributed by atoms with E-state index in [-0.39, 0.29) is 17.6 Å². The summed E-state index contributed by atoms with van der Waals surface area (Å²) in [5.41, 5.74) is 2.00. The predicted octanol–water partition coefficient (Wildman–Crippen LogP) is 2.54. The Hall–Kier alpha value is -2.56. The van der Waals surface area contributed by atoms with Gasteiger partial charge in [-0.15, -0.1) is 0 Å². The largest absolute Gasteiger partial charge is 0.459 e. The highest BCUT2D eigenvalue weighted by molar-refractivity contribution is 6.03. The number of rotatable bonds is 3. The molecule has 0 atom stereocenters. The summed E-state index contributed by atoms with van der Waals surface area (Å²) >= 11 is 0. The number of anilines is 1. The molecule has 0 bridgehead atoms. The van der Waals surface area contributed by atoms with Crippen molar-refractivity contribution in [3.05, 3.63) is 53.5 Å². The molecule has 2 amide bonds. The average Bonchev–Trinajstić information content (AvgIpc) is 2.94. The summed E-state index contributed by atoms with van der Waals surface area (Å²) in [5.74, 6) is -0.222. The lowest BCUT2D eigenvalue weighted by Gasteiger charge is -2.13. The maximum absolute atomic E-state index is 11.9. The Morgan fingerprint density at radius 3 is 2.55 bits per heavy atom. The zero-order chi connectivity index (χ0) is 14.7. The molecule has 0 aliphatic heterocycles. The molecule has 20 heavy (non-hydrogen) atoms. The van der Waals surface area contributed by atoms with Gasteiger partial charge in [0.25, 0.3) is 11.8 Å². The quantitative estimate of drug-likeness (QED) is 0.934. The Morgan fingerprint density at radius 1 is 1.20 bits per heavy atom. The summed E-state index contributed by atoms with van der Waals surface area (Å²) in [6, 6.07) is 8.43. The van der Waals surface area contributed by atoms with Gasteiger partial charge in [-0.3, -0.25) is 9.59 Å². The molecule has 1 heterocycles. The molecule has 0 spiro atoms. The molecule has 0 aliphatic carbocycles. The van der Waals surface area contributed by atoms with Crippen molar-refractivity contribution < 1.29 is 14.0 Å². The lowest BCUT2D eigenvalue weighted by Crippen LogP contribution is -2.22. The minimum atomic E-state index is -0.340. The highest BCUT2D eigenvalue weighted by atomic mass is 16.3. The first-order valence-electron chi connectivity index (χ1n) is 6.16. The normalized spacial score (nSPS) is 10.2. The molecule has 2 aromatic rings. The third-order valence-electron chi connectivity index (χ3n) is 2.88. The van der Waals surface area contributed by atoms with E-state index in [2.05, 4.69) is 5.32 Å². The van der Waals surface area contributed by atoms with Gasteiger partial charge < -0.3 is 14.6 Å². The number of furan rings is 1. The van der Waals surface area contributed by atoms with Crippen molar-refractivity contribution >= 4 is 17.5 Å². The molecule has 2 rings (SSSR count).